The first-order valence-electron chi connectivity index (χ1n) is 7.22. The van der Waals surface area contributed by atoms with Gasteiger partial charge in [0.2, 0.25) is 0 Å². The van der Waals surface area contributed by atoms with Crippen molar-refractivity contribution in [3.63, 3.8) is 0 Å². The van der Waals surface area contributed by atoms with Crippen LogP contribution < -0.4 is 0 Å². The first-order chi connectivity index (χ1) is 9.15. The van der Waals surface area contributed by atoms with Gasteiger partial charge in [-0.05, 0) is 44.9 Å². The van der Waals surface area contributed by atoms with E-state index < -0.39 is 0 Å². The van der Waals surface area contributed by atoms with Gasteiger partial charge in [-0.3, -0.25) is 4.79 Å². The summed E-state index contributed by atoms with van der Waals surface area (Å²) in [7, 11) is 0. The van der Waals surface area contributed by atoms with Gasteiger partial charge >= 0.3 is 0 Å². The lowest BCUT2D eigenvalue weighted by Gasteiger charge is -2.41. The normalized spacial score (nSPS) is 26.3. The van der Waals surface area contributed by atoms with Gasteiger partial charge in [-0.25, -0.2) is 9.97 Å². The lowest BCUT2D eigenvalue weighted by molar-refractivity contribution is 0.0502. The predicted molar refractivity (Wildman–Crippen MR) is 72.9 cm³/mol. The largest absolute Gasteiger partial charge is 0.338 e. The molecule has 2 heterocycles. The number of hydrogen-bond acceptors (Lipinski definition) is 3. The SMILES string of the molecule is Cc1ncnc(C)c1C(=O)N1CC2CCCC(C2)C1. The Bertz CT molecular complexity index is 468. The third-order valence-corrected chi connectivity index (χ3v) is 4.58. The maximum atomic E-state index is 12.7. The van der Waals surface area contributed by atoms with Gasteiger partial charge in [-0.2, -0.15) is 0 Å². The van der Waals surface area contributed by atoms with Crippen LogP contribution in [0.5, 0.6) is 0 Å². The van der Waals surface area contributed by atoms with Crippen LogP contribution in [-0.2, 0) is 0 Å². The predicted octanol–water partition coefficient (Wildman–Crippen LogP) is 2.36. The lowest BCUT2D eigenvalue weighted by Crippen LogP contribution is -2.46. The number of piperidine rings is 1. The Kier molecular flexibility index (Phi) is 3.25. The number of likely N-dealkylation sites (tertiary alicyclic amines) is 1. The molecule has 2 unspecified atom stereocenters. The minimum atomic E-state index is 0.132. The van der Waals surface area contributed by atoms with Crippen LogP contribution in [0.4, 0.5) is 0 Å². The quantitative estimate of drug-likeness (QED) is 0.777. The van der Waals surface area contributed by atoms with Crippen LogP contribution in [0, 0.1) is 25.7 Å². The number of carbonyl (C=O) groups excluding carboxylic acids is 1. The van der Waals surface area contributed by atoms with Gasteiger partial charge in [0, 0.05) is 13.1 Å². The number of amides is 1. The third kappa shape index (κ3) is 2.36. The Balaban J connectivity index is 1.84. The van der Waals surface area contributed by atoms with Crippen molar-refractivity contribution in [2.75, 3.05) is 13.1 Å². The number of nitrogens with zero attached hydrogens (tertiary/aromatic N) is 3. The van der Waals surface area contributed by atoms with Crippen LogP contribution >= 0.6 is 0 Å². The van der Waals surface area contributed by atoms with Crippen molar-refractivity contribution < 1.29 is 4.79 Å². The summed E-state index contributed by atoms with van der Waals surface area (Å²) in [4.78, 5) is 23.1. The topological polar surface area (TPSA) is 46.1 Å². The molecule has 1 amide bonds. The van der Waals surface area contributed by atoms with E-state index >= 15 is 0 Å². The second-order valence-electron chi connectivity index (χ2n) is 6.03. The molecule has 1 aliphatic carbocycles. The molecule has 0 radical (unpaired) electrons. The summed E-state index contributed by atoms with van der Waals surface area (Å²) in [5.74, 6) is 1.55. The number of carbonyl (C=O) groups is 1. The molecule has 1 aliphatic heterocycles. The van der Waals surface area contributed by atoms with Crippen molar-refractivity contribution in [3.8, 4) is 0 Å². The first-order valence-corrected chi connectivity index (χ1v) is 7.22. The van der Waals surface area contributed by atoms with Crippen LogP contribution in [0.3, 0.4) is 0 Å². The molecule has 0 spiro atoms. The highest BCUT2D eigenvalue weighted by molar-refractivity contribution is 5.96. The molecule has 2 aliphatic rings. The molecule has 2 fully saturated rings. The molecule has 1 aromatic heterocycles. The van der Waals surface area contributed by atoms with Gasteiger partial charge in [0.1, 0.15) is 6.33 Å². The maximum Gasteiger partial charge on any atom is 0.257 e. The molecule has 2 atom stereocenters. The van der Waals surface area contributed by atoms with Crippen molar-refractivity contribution in [2.24, 2.45) is 11.8 Å². The summed E-state index contributed by atoms with van der Waals surface area (Å²) in [5, 5.41) is 0. The summed E-state index contributed by atoms with van der Waals surface area (Å²) in [6, 6.07) is 0. The molecule has 102 valence electrons. The van der Waals surface area contributed by atoms with Crippen molar-refractivity contribution in [2.45, 2.75) is 39.5 Å². The van der Waals surface area contributed by atoms with E-state index in [0.29, 0.717) is 17.4 Å². The number of aromatic nitrogens is 2. The van der Waals surface area contributed by atoms with Crippen molar-refractivity contribution in [1.82, 2.24) is 14.9 Å². The minimum absolute atomic E-state index is 0.132. The van der Waals surface area contributed by atoms with Gasteiger partial charge in [0.05, 0.1) is 17.0 Å². The second kappa shape index (κ2) is 4.91. The van der Waals surface area contributed by atoms with E-state index in [2.05, 4.69) is 9.97 Å². The fraction of sp³-hybridized carbons (Fsp3) is 0.667. The zero-order valence-electron chi connectivity index (χ0n) is 11.7. The Morgan fingerprint density at radius 2 is 1.74 bits per heavy atom. The van der Waals surface area contributed by atoms with E-state index in [-0.39, 0.29) is 5.91 Å². The molecule has 1 saturated heterocycles. The maximum absolute atomic E-state index is 12.7. The molecule has 4 nitrogen and oxygen atoms in total. The monoisotopic (exact) mass is 259 g/mol. The molecule has 2 bridgehead atoms. The average Bonchev–Trinajstić information content (AvgIpc) is 2.37. The number of hydrogen-bond donors (Lipinski definition) is 0. The van der Waals surface area contributed by atoms with Crippen LogP contribution in [-0.4, -0.2) is 33.9 Å². The number of aryl methyl sites for hydroxylation is 2. The molecule has 3 rings (SSSR count). The van der Waals surface area contributed by atoms with E-state index in [1.807, 2.05) is 18.7 Å². The summed E-state index contributed by atoms with van der Waals surface area (Å²) >= 11 is 0. The van der Waals surface area contributed by atoms with E-state index in [9.17, 15) is 4.79 Å². The van der Waals surface area contributed by atoms with Crippen LogP contribution in [0.2, 0.25) is 0 Å². The fourth-order valence-corrected chi connectivity index (χ4v) is 3.66. The Morgan fingerprint density at radius 3 is 2.32 bits per heavy atom. The second-order valence-corrected chi connectivity index (χ2v) is 6.03. The lowest BCUT2D eigenvalue weighted by atomic mass is 9.78. The van der Waals surface area contributed by atoms with Crippen molar-refractivity contribution in [3.05, 3.63) is 23.3 Å². The molecular weight excluding hydrogens is 238 g/mol. The van der Waals surface area contributed by atoms with E-state index in [1.54, 1.807) is 0 Å². The summed E-state index contributed by atoms with van der Waals surface area (Å²) in [6.45, 7) is 5.63. The average molecular weight is 259 g/mol. The number of rotatable bonds is 1. The highest BCUT2D eigenvalue weighted by atomic mass is 16.2. The molecule has 0 aromatic carbocycles. The standard InChI is InChI=1S/C15H21N3O/c1-10-14(11(2)17-9-16-10)15(19)18-7-12-4-3-5-13(6-12)8-18/h9,12-13H,3-8H2,1-2H3. The van der Waals surface area contributed by atoms with Crippen LogP contribution in [0.25, 0.3) is 0 Å². The van der Waals surface area contributed by atoms with Crippen LogP contribution in [0.15, 0.2) is 6.33 Å². The molecular formula is C15H21N3O. The van der Waals surface area contributed by atoms with Gasteiger partial charge in [-0.15, -0.1) is 0 Å². The first kappa shape index (κ1) is 12.6. The summed E-state index contributed by atoms with van der Waals surface area (Å²) in [6.07, 6.45) is 6.75. The smallest absolute Gasteiger partial charge is 0.257 e. The summed E-state index contributed by atoms with van der Waals surface area (Å²) < 4.78 is 0. The minimum Gasteiger partial charge on any atom is -0.338 e. The van der Waals surface area contributed by atoms with Crippen molar-refractivity contribution >= 4 is 5.91 Å². The molecule has 4 heteroatoms. The highest BCUT2D eigenvalue weighted by Gasteiger charge is 2.33. The number of fused-ring (bicyclic) bond motifs is 2. The Morgan fingerprint density at radius 1 is 1.16 bits per heavy atom. The molecule has 1 aromatic rings. The third-order valence-electron chi connectivity index (χ3n) is 4.58. The van der Waals surface area contributed by atoms with E-state index in [1.165, 1.54) is 32.0 Å². The summed E-state index contributed by atoms with van der Waals surface area (Å²) in [5.41, 5.74) is 2.31. The fourth-order valence-electron chi connectivity index (χ4n) is 3.66. The van der Waals surface area contributed by atoms with Gasteiger partial charge < -0.3 is 4.90 Å². The van der Waals surface area contributed by atoms with E-state index in [0.717, 1.165) is 24.5 Å². The van der Waals surface area contributed by atoms with Gasteiger partial charge in [-0.1, -0.05) is 6.42 Å². The zero-order chi connectivity index (χ0) is 13.4. The molecule has 0 N–H and O–H groups in total. The Hall–Kier alpha value is -1.45. The highest BCUT2D eigenvalue weighted by Crippen LogP contribution is 2.35. The van der Waals surface area contributed by atoms with Crippen molar-refractivity contribution in [1.29, 1.82) is 0 Å². The van der Waals surface area contributed by atoms with E-state index in [4.69, 9.17) is 0 Å². The molecule has 1 saturated carbocycles. The zero-order valence-corrected chi connectivity index (χ0v) is 11.7. The Labute approximate surface area is 114 Å². The van der Waals surface area contributed by atoms with Gasteiger partial charge in [0.25, 0.3) is 5.91 Å². The molecule has 19 heavy (non-hydrogen) atoms. The van der Waals surface area contributed by atoms with Gasteiger partial charge in [0.15, 0.2) is 0 Å². The van der Waals surface area contributed by atoms with Crippen LogP contribution in [0.1, 0.15) is 47.4 Å².